The minimum absolute atomic E-state index is 0.00782. The van der Waals surface area contributed by atoms with Crippen molar-refractivity contribution in [1.82, 2.24) is 9.88 Å². The summed E-state index contributed by atoms with van der Waals surface area (Å²) in [6, 6.07) is 3.72. The van der Waals surface area contributed by atoms with Crippen LogP contribution < -0.4 is 11.3 Å². The quantitative estimate of drug-likeness (QED) is 0.589. The molecule has 0 spiro atoms. The van der Waals surface area contributed by atoms with Gasteiger partial charge < -0.3 is 15.1 Å². The molecular weight excluding hydrogens is 268 g/mol. The normalized spacial score (nSPS) is 15.6. The van der Waals surface area contributed by atoms with Crippen molar-refractivity contribution < 1.29 is 9.53 Å². The number of carbonyl (C=O) groups is 1. The molecule has 1 unspecified atom stereocenters. The summed E-state index contributed by atoms with van der Waals surface area (Å²) in [6.45, 7) is 5.09. The average molecular weight is 292 g/mol. The second-order valence-corrected chi connectivity index (χ2v) is 5.60. The number of aryl methyl sites for hydroxylation is 1. The van der Waals surface area contributed by atoms with Crippen LogP contribution in [0.1, 0.15) is 35.8 Å². The predicted octanol–water partition coefficient (Wildman–Crippen LogP) is 1.56. The number of hydrogen-bond donors (Lipinski definition) is 2. The molecule has 0 saturated heterocycles. The molecule has 1 saturated carbocycles. The highest BCUT2D eigenvalue weighted by Crippen LogP contribution is 2.35. The highest BCUT2D eigenvalue weighted by Gasteiger charge is 2.34. The molecule has 116 valence electrons. The van der Waals surface area contributed by atoms with Crippen LogP contribution in [0.25, 0.3) is 0 Å². The molecule has 1 aliphatic carbocycles. The van der Waals surface area contributed by atoms with Gasteiger partial charge in [0.15, 0.2) is 0 Å². The van der Waals surface area contributed by atoms with Crippen LogP contribution in [0, 0.1) is 12.8 Å². The first kappa shape index (κ1) is 15.7. The Hall–Kier alpha value is -1.66. The minimum Gasteiger partial charge on any atom is -0.383 e. The van der Waals surface area contributed by atoms with Gasteiger partial charge in [-0.15, -0.1) is 0 Å². The monoisotopic (exact) mass is 292 g/mol. The molecule has 0 bridgehead atoms. The molecule has 1 amide bonds. The number of anilines is 1. The fraction of sp³-hybridized carbons (Fsp3) is 0.600. The molecule has 2 rings (SSSR count). The lowest BCUT2D eigenvalue weighted by Gasteiger charge is -2.29. The predicted molar refractivity (Wildman–Crippen MR) is 81.9 cm³/mol. The summed E-state index contributed by atoms with van der Waals surface area (Å²) in [7, 11) is 1.65. The van der Waals surface area contributed by atoms with Crippen molar-refractivity contribution in [3.05, 3.63) is 23.4 Å². The summed E-state index contributed by atoms with van der Waals surface area (Å²) in [5.41, 5.74) is 3.88. The molecule has 1 aromatic heterocycles. The number of hydrazine groups is 1. The first-order valence-electron chi connectivity index (χ1n) is 7.32. The molecule has 1 heterocycles. The van der Waals surface area contributed by atoms with Crippen LogP contribution in [0.15, 0.2) is 12.1 Å². The zero-order valence-corrected chi connectivity index (χ0v) is 12.9. The number of nitrogens with zero attached hydrogens (tertiary/aromatic N) is 2. The zero-order valence-electron chi connectivity index (χ0n) is 12.9. The van der Waals surface area contributed by atoms with Gasteiger partial charge in [-0.3, -0.25) is 4.79 Å². The largest absolute Gasteiger partial charge is 0.383 e. The lowest BCUT2D eigenvalue weighted by molar-refractivity contribution is 0.0594. The molecule has 1 atom stereocenters. The molecule has 1 aliphatic rings. The highest BCUT2D eigenvalue weighted by atomic mass is 16.5. The van der Waals surface area contributed by atoms with E-state index in [9.17, 15) is 4.79 Å². The van der Waals surface area contributed by atoms with Crippen LogP contribution in [0.2, 0.25) is 0 Å². The van der Waals surface area contributed by atoms with Crippen molar-refractivity contribution >= 4 is 11.7 Å². The van der Waals surface area contributed by atoms with Crippen LogP contribution >= 0.6 is 0 Å². The fourth-order valence-corrected chi connectivity index (χ4v) is 2.54. The molecule has 6 nitrogen and oxygen atoms in total. The topological polar surface area (TPSA) is 80.5 Å². The van der Waals surface area contributed by atoms with Crippen molar-refractivity contribution in [3.8, 4) is 0 Å². The Bertz CT molecular complexity index is 502. The van der Waals surface area contributed by atoms with Crippen molar-refractivity contribution in [2.24, 2.45) is 11.8 Å². The van der Waals surface area contributed by atoms with Crippen LogP contribution in [-0.4, -0.2) is 42.1 Å². The number of pyridine rings is 1. The first-order chi connectivity index (χ1) is 10.1. The van der Waals surface area contributed by atoms with Gasteiger partial charge in [0.2, 0.25) is 0 Å². The van der Waals surface area contributed by atoms with E-state index >= 15 is 0 Å². The number of nitrogen functional groups attached to an aromatic ring is 1. The van der Waals surface area contributed by atoms with Crippen molar-refractivity contribution in [3.63, 3.8) is 0 Å². The van der Waals surface area contributed by atoms with Crippen LogP contribution in [0.5, 0.6) is 0 Å². The highest BCUT2D eigenvalue weighted by molar-refractivity contribution is 5.95. The van der Waals surface area contributed by atoms with Gasteiger partial charge in [-0.25, -0.2) is 10.8 Å². The van der Waals surface area contributed by atoms with Crippen molar-refractivity contribution in [2.45, 2.75) is 32.7 Å². The number of ether oxygens (including phenoxy) is 1. The number of rotatable bonds is 7. The molecule has 21 heavy (non-hydrogen) atoms. The molecule has 0 radical (unpaired) electrons. The van der Waals surface area contributed by atoms with E-state index in [0.29, 0.717) is 30.5 Å². The van der Waals surface area contributed by atoms with Gasteiger partial charge in [-0.2, -0.15) is 0 Å². The number of methoxy groups -OCH3 is 1. The lowest BCUT2D eigenvalue weighted by atomic mass is 10.1. The molecular formula is C15H24N4O2. The van der Waals surface area contributed by atoms with Gasteiger partial charge in [-0.1, -0.05) is 0 Å². The SMILES string of the molecule is COCCN(C(=O)c1cc(C)nc(NN)c1)C(C)C1CC1. The van der Waals surface area contributed by atoms with Gasteiger partial charge in [0.25, 0.3) is 5.91 Å². The molecule has 0 aliphatic heterocycles. The lowest BCUT2D eigenvalue weighted by Crippen LogP contribution is -2.42. The van der Waals surface area contributed by atoms with Crippen LogP contribution in [0.3, 0.4) is 0 Å². The maximum Gasteiger partial charge on any atom is 0.254 e. The maximum atomic E-state index is 12.8. The number of nitrogens with two attached hydrogens (primary N) is 1. The summed E-state index contributed by atoms with van der Waals surface area (Å²) < 4.78 is 5.14. The molecule has 6 heteroatoms. The summed E-state index contributed by atoms with van der Waals surface area (Å²) >= 11 is 0. The van der Waals surface area contributed by atoms with E-state index in [0.717, 1.165) is 5.69 Å². The third-order valence-corrected chi connectivity index (χ3v) is 3.94. The molecule has 1 aromatic rings. The van der Waals surface area contributed by atoms with Gasteiger partial charge in [0.1, 0.15) is 5.82 Å². The van der Waals surface area contributed by atoms with E-state index in [1.807, 2.05) is 11.8 Å². The number of amides is 1. The summed E-state index contributed by atoms with van der Waals surface area (Å²) in [5, 5.41) is 0. The standard InChI is InChI=1S/C15H24N4O2/c1-10-8-13(9-14(17-10)18-16)15(20)19(6-7-21-3)11(2)12-4-5-12/h8-9,11-12H,4-7,16H2,1-3H3,(H,17,18). The van der Waals surface area contributed by atoms with Gasteiger partial charge >= 0.3 is 0 Å². The maximum absolute atomic E-state index is 12.8. The van der Waals surface area contributed by atoms with E-state index in [2.05, 4.69) is 17.3 Å². The second-order valence-electron chi connectivity index (χ2n) is 5.60. The van der Waals surface area contributed by atoms with E-state index in [4.69, 9.17) is 10.6 Å². The Balaban J connectivity index is 2.21. The number of nitrogens with one attached hydrogen (secondary N) is 1. The number of hydrogen-bond acceptors (Lipinski definition) is 5. The molecule has 0 aromatic carbocycles. The summed E-state index contributed by atoms with van der Waals surface area (Å²) in [5.74, 6) is 6.53. The van der Waals surface area contributed by atoms with Gasteiger partial charge in [-0.05, 0) is 44.7 Å². The smallest absolute Gasteiger partial charge is 0.254 e. The first-order valence-corrected chi connectivity index (χ1v) is 7.32. The molecule has 1 fully saturated rings. The average Bonchev–Trinajstić information content (AvgIpc) is 3.31. The van der Waals surface area contributed by atoms with Crippen LogP contribution in [0.4, 0.5) is 5.82 Å². The third kappa shape index (κ3) is 3.92. The zero-order chi connectivity index (χ0) is 15.4. The Morgan fingerprint density at radius 3 is 2.86 bits per heavy atom. The Kier molecular flexibility index (Phi) is 5.14. The van der Waals surface area contributed by atoms with E-state index in [1.165, 1.54) is 12.8 Å². The Morgan fingerprint density at radius 1 is 1.57 bits per heavy atom. The van der Waals surface area contributed by atoms with Crippen molar-refractivity contribution in [1.29, 1.82) is 0 Å². The second kappa shape index (κ2) is 6.87. The minimum atomic E-state index is 0.00782. The van der Waals surface area contributed by atoms with E-state index in [1.54, 1.807) is 19.2 Å². The Morgan fingerprint density at radius 2 is 2.29 bits per heavy atom. The van der Waals surface area contributed by atoms with E-state index < -0.39 is 0 Å². The molecule has 3 N–H and O–H groups in total. The third-order valence-electron chi connectivity index (χ3n) is 3.94. The summed E-state index contributed by atoms with van der Waals surface area (Å²) in [4.78, 5) is 18.9. The fourth-order valence-electron chi connectivity index (χ4n) is 2.54. The van der Waals surface area contributed by atoms with Gasteiger partial charge in [0, 0.05) is 31.0 Å². The Labute approximate surface area is 125 Å². The van der Waals surface area contributed by atoms with Crippen LogP contribution in [-0.2, 0) is 4.74 Å². The van der Waals surface area contributed by atoms with E-state index in [-0.39, 0.29) is 11.9 Å². The van der Waals surface area contributed by atoms with Gasteiger partial charge in [0.05, 0.1) is 6.61 Å². The number of aromatic nitrogens is 1. The number of carbonyl (C=O) groups excluding carboxylic acids is 1. The summed E-state index contributed by atoms with van der Waals surface area (Å²) in [6.07, 6.45) is 2.39. The van der Waals surface area contributed by atoms with Crippen molar-refractivity contribution in [2.75, 3.05) is 25.7 Å².